The minimum atomic E-state index is -4.93. The number of fused-ring (bicyclic) bond motifs is 1. The fourth-order valence-corrected chi connectivity index (χ4v) is 5.44. The van der Waals surface area contributed by atoms with Gasteiger partial charge in [-0.2, -0.15) is 21.9 Å². The summed E-state index contributed by atoms with van der Waals surface area (Å²) in [5, 5.41) is 48.5. The van der Waals surface area contributed by atoms with E-state index >= 15 is 0 Å². The summed E-state index contributed by atoms with van der Waals surface area (Å²) in [6.45, 7) is 3.47. The average molecular weight is 780 g/mol. The zero-order chi connectivity index (χ0) is 36.1. The molecule has 0 spiro atoms. The smallest absolute Gasteiger partial charge is 0.299 e. The molecule has 0 amide bonds. The van der Waals surface area contributed by atoms with Crippen molar-refractivity contribution < 1.29 is 68.1 Å². The first-order valence-electron chi connectivity index (χ1n) is 13.9. The van der Waals surface area contributed by atoms with Crippen LogP contribution in [0.3, 0.4) is 0 Å². The maximum atomic E-state index is 13.2. The average Bonchev–Trinajstić information content (AvgIpc) is 3.38. The minimum Gasteiger partial charge on any atom is -0.506 e. The van der Waals surface area contributed by atoms with Crippen molar-refractivity contribution in [2.45, 2.75) is 30.2 Å². The van der Waals surface area contributed by atoms with Crippen molar-refractivity contribution in [1.29, 1.82) is 0 Å². The molecule has 1 aromatic heterocycles. The molecule has 0 saturated carbocycles. The summed E-state index contributed by atoms with van der Waals surface area (Å²) in [4.78, 5) is 16.1. The number of aromatic hydroxyl groups is 2. The standard InChI is InChI=1S/C27H22N6O12S2.C2H6.Cu/c1-44-17-6-9-22(34)20(12-17)29-31-25-23(47(41,42)43)10-14-2-3-15(11-19(14)26(25)35)28-30-24-21(13-45-37)32-33(27(24)36)16-4-7-18(8-5-16)46(38,39)40;1-2;/h2-12,32,34-35,37H,13H2,1H3,(H,38,39,40)(H,41,42,43);1-2H3;. The van der Waals surface area contributed by atoms with Crippen molar-refractivity contribution in [2.24, 2.45) is 20.5 Å². The van der Waals surface area contributed by atoms with Crippen molar-refractivity contribution in [2.75, 3.05) is 7.11 Å². The minimum absolute atomic E-state index is 0. The molecule has 4 aromatic carbocycles. The largest absolute Gasteiger partial charge is 0.506 e. The number of aromatic amines is 1. The van der Waals surface area contributed by atoms with Crippen LogP contribution in [0.2, 0.25) is 0 Å². The SMILES string of the molecule is CC.COc1ccc(O)c(N=Nc2c(S(=O)(=O)O)cc3ccc(N=Nc4c(COO)[nH]n(-c5ccc(S(=O)(=O)O)cc5)c4=O)cc3c2O)c1.[Cu]. The molecule has 50 heavy (non-hydrogen) atoms. The second-order valence-corrected chi connectivity index (χ2v) is 12.3. The van der Waals surface area contributed by atoms with Gasteiger partial charge >= 0.3 is 0 Å². The summed E-state index contributed by atoms with van der Waals surface area (Å²) in [6, 6.07) is 13.6. The van der Waals surface area contributed by atoms with E-state index < -0.39 is 53.6 Å². The quantitative estimate of drug-likeness (QED) is 0.0309. The van der Waals surface area contributed by atoms with Gasteiger partial charge in [0, 0.05) is 28.5 Å². The number of methoxy groups -OCH3 is 1. The van der Waals surface area contributed by atoms with E-state index in [4.69, 9.17) is 9.99 Å². The number of hydrogen-bond donors (Lipinski definition) is 6. The molecule has 269 valence electrons. The van der Waals surface area contributed by atoms with Crippen LogP contribution < -0.4 is 10.3 Å². The third-order valence-electron chi connectivity index (χ3n) is 6.56. The predicted octanol–water partition coefficient (Wildman–Crippen LogP) is 6.08. The van der Waals surface area contributed by atoms with E-state index in [2.05, 4.69) is 30.4 Å². The van der Waals surface area contributed by atoms with Crippen molar-refractivity contribution in [3.63, 3.8) is 0 Å². The molecular weight excluding hydrogens is 752 g/mol. The first kappa shape index (κ1) is 39.4. The second kappa shape index (κ2) is 16.1. The van der Waals surface area contributed by atoms with E-state index in [1.807, 2.05) is 13.8 Å². The van der Waals surface area contributed by atoms with Crippen molar-refractivity contribution in [1.82, 2.24) is 9.78 Å². The number of nitrogens with zero attached hydrogens (tertiary/aromatic N) is 5. The fraction of sp³-hybridized carbons (Fsp3) is 0.138. The first-order valence-corrected chi connectivity index (χ1v) is 16.7. The van der Waals surface area contributed by atoms with Gasteiger partial charge < -0.3 is 14.9 Å². The topological polar surface area (TPSA) is 275 Å². The number of hydrogen-bond acceptors (Lipinski definition) is 14. The Morgan fingerprint density at radius 3 is 2.08 bits per heavy atom. The molecule has 0 aliphatic carbocycles. The molecule has 5 rings (SSSR count). The Balaban J connectivity index is 0.00000221. The van der Waals surface area contributed by atoms with Crippen LogP contribution in [0.4, 0.5) is 22.7 Å². The van der Waals surface area contributed by atoms with E-state index in [0.29, 0.717) is 5.75 Å². The van der Waals surface area contributed by atoms with Gasteiger partial charge in [-0.05, 0) is 60.0 Å². The molecule has 18 nitrogen and oxygen atoms in total. The van der Waals surface area contributed by atoms with Crippen LogP contribution in [0.1, 0.15) is 19.5 Å². The maximum absolute atomic E-state index is 13.2. The maximum Gasteiger partial charge on any atom is 0.299 e. The van der Waals surface area contributed by atoms with Gasteiger partial charge in [0.25, 0.3) is 25.8 Å². The molecule has 0 unspecified atom stereocenters. The number of benzene rings is 4. The summed E-state index contributed by atoms with van der Waals surface area (Å²) >= 11 is 0. The van der Waals surface area contributed by atoms with Gasteiger partial charge in [0.15, 0.2) is 11.4 Å². The Morgan fingerprint density at radius 1 is 0.820 bits per heavy atom. The summed E-state index contributed by atoms with van der Waals surface area (Å²) in [5.74, 6) is -0.775. The molecule has 6 N–H and O–H groups in total. The Hall–Kier alpha value is -4.99. The molecule has 0 aliphatic heterocycles. The molecule has 1 heterocycles. The predicted molar refractivity (Wildman–Crippen MR) is 173 cm³/mol. The molecule has 0 saturated heterocycles. The number of phenols is 2. The van der Waals surface area contributed by atoms with Crippen molar-refractivity contribution in [3.05, 3.63) is 82.8 Å². The van der Waals surface area contributed by atoms with Crippen molar-refractivity contribution >= 4 is 53.8 Å². The number of rotatable bonds is 10. The van der Waals surface area contributed by atoms with E-state index in [1.165, 1.54) is 55.6 Å². The Morgan fingerprint density at radius 2 is 1.48 bits per heavy atom. The molecule has 0 bridgehead atoms. The fourth-order valence-electron chi connectivity index (χ4n) is 4.30. The van der Waals surface area contributed by atoms with Crippen LogP contribution in [0.15, 0.2) is 102 Å². The van der Waals surface area contributed by atoms with Crippen LogP contribution >= 0.6 is 0 Å². The number of H-pyrrole nitrogens is 1. The third-order valence-corrected chi connectivity index (χ3v) is 8.29. The van der Waals surface area contributed by atoms with Gasteiger partial charge in [-0.1, -0.05) is 19.9 Å². The summed E-state index contributed by atoms with van der Waals surface area (Å²) in [5.41, 5.74) is -1.76. The number of phenolic OH excluding ortho intramolecular Hbond substituents is 2. The summed E-state index contributed by atoms with van der Waals surface area (Å²) < 4.78 is 72.1. The Labute approximate surface area is 294 Å². The Bertz CT molecular complexity index is 2360. The molecular formula is C29H28CuN6O12S2. The molecule has 0 atom stereocenters. The normalized spacial score (nSPS) is 11.8. The van der Waals surface area contributed by atoms with Gasteiger partial charge in [-0.3, -0.25) is 24.3 Å². The first-order chi connectivity index (χ1) is 23.2. The number of nitrogens with one attached hydrogen (secondary N) is 1. The third kappa shape index (κ3) is 8.59. The van der Waals surface area contributed by atoms with Gasteiger partial charge in [0.1, 0.15) is 34.4 Å². The number of aromatic nitrogens is 2. The number of ether oxygens (including phenoxy) is 1. The van der Waals surface area contributed by atoms with Crippen LogP contribution in [0.5, 0.6) is 17.2 Å². The van der Waals surface area contributed by atoms with Gasteiger partial charge in [0.2, 0.25) is 0 Å². The van der Waals surface area contributed by atoms with E-state index in [1.54, 1.807) is 0 Å². The number of azo groups is 2. The van der Waals surface area contributed by atoms with Gasteiger partial charge in [-0.15, -0.1) is 15.3 Å². The second-order valence-electron chi connectivity index (χ2n) is 9.53. The Kier molecular flexibility index (Phi) is 12.7. The van der Waals surface area contributed by atoms with Crippen LogP contribution in [0, 0.1) is 0 Å². The zero-order valence-corrected chi connectivity index (χ0v) is 28.6. The van der Waals surface area contributed by atoms with Crippen LogP contribution in [-0.2, 0) is 48.8 Å². The molecule has 5 aromatic rings. The van der Waals surface area contributed by atoms with Crippen LogP contribution in [-0.4, -0.2) is 58.3 Å². The molecule has 1 radical (unpaired) electrons. The molecule has 0 fully saturated rings. The zero-order valence-electron chi connectivity index (χ0n) is 26.0. The van der Waals surface area contributed by atoms with E-state index in [0.717, 1.165) is 22.9 Å². The summed E-state index contributed by atoms with van der Waals surface area (Å²) in [7, 11) is -8.05. The molecule has 0 aliphatic rings. The van der Waals surface area contributed by atoms with Gasteiger partial charge in [0.05, 0.1) is 29.1 Å². The van der Waals surface area contributed by atoms with E-state index in [-0.39, 0.29) is 62.0 Å². The van der Waals surface area contributed by atoms with Crippen molar-refractivity contribution in [3.8, 4) is 22.9 Å². The monoisotopic (exact) mass is 779 g/mol. The van der Waals surface area contributed by atoms with Gasteiger partial charge in [-0.25, -0.2) is 9.57 Å². The van der Waals surface area contributed by atoms with E-state index in [9.17, 15) is 40.9 Å². The van der Waals surface area contributed by atoms with Crippen LogP contribution in [0.25, 0.3) is 16.5 Å². The summed E-state index contributed by atoms with van der Waals surface area (Å²) in [6.07, 6.45) is 0. The molecule has 21 heteroatoms.